The van der Waals surface area contributed by atoms with E-state index in [1.165, 1.54) is 44.5 Å². The molecule has 0 amide bonds. The molecule has 2 heterocycles. The van der Waals surface area contributed by atoms with E-state index < -0.39 is 0 Å². The molecule has 2 saturated heterocycles. The second kappa shape index (κ2) is 6.67. The molecule has 21 heavy (non-hydrogen) atoms. The summed E-state index contributed by atoms with van der Waals surface area (Å²) in [7, 11) is 0. The van der Waals surface area contributed by atoms with E-state index in [-0.39, 0.29) is 11.6 Å². The molecule has 114 valence electrons. The maximum atomic E-state index is 13.2. The Balaban J connectivity index is 1.53. The third-order valence-corrected chi connectivity index (χ3v) is 4.67. The molecule has 2 fully saturated rings. The third kappa shape index (κ3) is 3.69. The molecular weight excluding hydrogens is 267 g/mol. The third-order valence-electron chi connectivity index (χ3n) is 4.67. The number of halogens is 1. The van der Waals surface area contributed by atoms with Gasteiger partial charge in [0.2, 0.25) is 0 Å². The fourth-order valence-corrected chi connectivity index (χ4v) is 3.49. The van der Waals surface area contributed by atoms with Gasteiger partial charge in [0.1, 0.15) is 5.82 Å². The molecular formula is C17H23FN2O. The fourth-order valence-electron chi connectivity index (χ4n) is 3.49. The molecule has 0 N–H and O–H groups in total. The normalized spacial score (nSPS) is 24.3. The highest BCUT2D eigenvalue weighted by molar-refractivity contribution is 5.97. The second-order valence-corrected chi connectivity index (χ2v) is 6.21. The van der Waals surface area contributed by atoms with Crippen LogP contribution in [-0.2, 0) is 0 Å². The van der Waals surface area contributed by atoms with Crippen molar-refractivity contribution in [3.63, 3.8) is 0 Å². The summed E-state index contributed by atoms with van der Waals surface area (Å²) < 4.78 is 13.2. The Bertz CT molecular complexity index is 499. The van der Waals surface area contributed by atoms with Crippen LogP contribution >= 0.6 is 0 Å². The van der Waals surface area contributed by atoms with Crippen molar-refractivity contribution < 1.29 is 9.18 Å². The molecule has 0 bridgehead atoms. The molecule has 1 aromatic rings. The molecule has 3 nitrogen and oxygen atoms in total. The van der Waals surface area contributed by atoms with Gasteiger partial charge in [-0.1, -0.05) is 18.6 Å². The smallest absolute Gasteiger partial charge is 0.176 e. The van der Waals surface area contributed by atoms with Crippen molar-refractivity contribution in [1.29, 1.82) is 0 Å². The highest BCUT2D eigenvalue weighted by Crippen LogP contribution is 2.20. The van der Waals surface area contributed by atoms with Crippen molar-refractivity contribution in [3.8, 4) is 0 Å². The molecule has 0 aromatic heterocycles. The lowest BCUT2D eigenvalue weighted by atomic mass is 10.1. The standard InChI is InChI=1S/C17H23FN2O/c18-15-6-4-5-14(11-15)17(21)13-19-10-7-16(12-19)20-8-2-1-3-9-20/h4-6,11,16H,1-3,7-10,12-13H2. The lowest BCUT2D eigenvalue weighted by Gasteiger charge is -2.32. The Labute approximate surface area is 125 Å². The molecule has 1 unspecified atom stereocenters. The lowest BCUT2D eigenvalue weighted by molar-refractivity contribution is 0.0935. The number of likely N-dealkylation sites (tertiary alicyclic amines) is 2. The van der Waals surface area contributed by atoms with Crippen LogP contribution in [0.3, 0.4) is 0 Å². The van der Waals surface area contributed by atoms with Gasteiger partial charge in [-0.2, -0.15) is 0 Å². The van der Waals surface area contributed by atoms with E-state index in [2.05, 4.69) is 9.80 Å². The van der Waals surface area contributed by atoms with Gasteiger partial charge in [-0.05, 0) is 44.5 Å². The number of nitrogens with zero attached hydrogens (tertiary/aromatic N) is 2. The van der Waals surface area contributed by atoms with Gasteiger partial charge in [0.05, 0.1) is 6.54 Å². The van der Waals surface area contributed by atoms with Crippen LogP contribution in [0.2, 0.25) is 0 Å². The van der Waals surface area contributed by atoms with Crippen LogP contribution in [0.4, 0.5) is 4.39 Å². The quantitative estimate of drug-likeness (QED) is 0.796. The van der Waals surface area contributed by atoms with E-state index >= 15 is 0 Å². The van der Waals surface area contributed by atoms with Gasteiger partial charge in [0.15, 0.2) is 5.78 Å². The maximum Gasteiger partial charge on any atom is 0.176 e. The zero-order valence-electron chi connectivity index (χ0n) is 12.4. The zero-order valence-corrected chi connectivity index (χ0v) is 12.4. The number of ketones is 1. The van der Waals surface area contributed by atoms with E-state index in [1.807, 2.05) is 0 Å². The average Bonchev–Trinajstić information content (AvgIpc) is 2.97. The number of Topliss-reactive ketones (excluding diaryl/α,β-unsaturated/α-hetero) is 1. The number of benzene rings is 1. The van der Waals surface area contributed by atoms with Crippen LogP contribution in [0.25, 0.3) is 0 Å². The molecule has 4 heteroatoms. The topological polar surface area (TPSA) is 23.6 Å². The van der Waals surface area contributed by atoms with Gasteiger partial charge in [-0.15, -0.1) is 0 Å². The highest BCUT2D eigenvalue weighted by Gasteiger charge is 2.29. The molecule has 1 aromatic carbocycles. The number of rotatable bonds is 4. The fraction of sp³-hybridized carbons (Fsp3) is 0.588. The average molecular weight is 290 g/mol. The summed E-state index contributed by atoms with van der Waals surface area (Å²) in [6, 6.07) is 6.61. The van der Waals surface area contributed by atoms with Crippen LogP contribution in [0, 0.1) is 5.82 Å². The number of carbonyl (C=O) groups is 1. The van der Waals surface area contributed by atoms with Gasteiger partial charge < -0.3 is 0 Å². The Hall–Kier alpha value is -1.26. The summed E-state index contributed by atoms with van der Waals surface area (Å²) in [6.45, 7) is 4.77. The molecule has 0 saturated carbocycles. The Morgan fingerprint density at radius 1 is 1.19 bits per heavy atom. The molecule has 1 atom stereocenters. The molecule has 2 aliphatic rings. The Morgan fingerprint density at radius 2 is 2.00 bits per heavy atom. The monoisotopic (exact) mass is 290 g/mol. The van der Waals surface area contributed by atoms with Gasteiger partial charge in [-0.25, -0.2) is 4.39 Å². The van der Waals surface area contributed by atoms with Crippen molar-refractivity contribution in [3.05, 3.63) is 35.6 Å². The van der Waals surface area contributed by atoms with E-state index in [0.29, 0.717) is 18.2 Å². The molecule has 0 radical (unpaired) electrons. The second-order valence-electron chi connectivity index (χ2n) is 6.21. The van der Waals surface area contributed by atoms with Crippen LogP contribution < -0.4 is 0 Å². The number of carbonyl (C=O) groups excluding carboxylic acids is 1. The van der Waals surface area contributed by atoms with Crippen LogP contribution in [0.1, 0.15) is 36.0 Å². The van der Waals surface area contributed by atoms with Crippen molar-refractivity contribution in [2.75, 3.05) is 32.7 Å². The SMILES string of the molecule is O=C(CN1CCC(N2CCCCC2)C1)c1cccc(F)c1. The van der Waals surface area contributed by atoms with Gasteiger partial charge in [0, 0.05) is 24.7 Å². The Kier molecular flexibility index (Phi) is 4.66. The summed E-state index contributed by atoms with van der Waals surface area (Å²) in [5.41, 5.74) is 0.483. The first-order valence-corrected chi connectivity index (χ1v) is 7.97. The molecule has 0 spiro atoms. The molecule has 3 rings (SSSR count). The minimum Gasteiger partial charge on any atom is -0.299 e. The van der Waals surface area contributed by atoms with Crippen LogP contribution in [0.5, 0.6) is 0 Å². The predicted octanol–water partition coefficient (Wildman–Crippen LogP) is 2.57. The van der Waals surface area contributed by atoms with Gasteiger partial charge in [0.25, 0.3) is 0 Å². The highest BCUT2D eigenvalue weighted by atomic mass is 19.1. The number of hydrogen-bond donors (Lipinski definition) is 0. The maximum absolute atomic E-state index is 13.2. The summed E-state index contributed by atoms with van der Waals surface area (Å²) in [5, 5.41) is 0. The summed E-state index contributed by atoms with van der Waals surface area (Å²) >= 11 is 0. The van der Waals surface area contributed by atoms with Gasteiger partial charge >= 0.3 is 0 Å². The van der Waals surface area contributed by atoms with Crippen LogP contribution in [0.15, 0.2) is 24.3 Å². The predicted molar refractivity (Wildman–Crippen MR) is 81.0 cm³/mol. The summed E-state index contributed by atoms with van der Waals surface area (Å²) in [5.74, 6) is -0.317. The van der Waals surface area contributed by atoms with Crippen LogP contribution in [-0.4, -0.2) is 54.3 Å². The largest absolute Gasteiger partial charge is 0.299 e. The molecule has 0 aliphatic carbocycles. The first-order chi connectivity index (χ1) is 10.2. The lowest BCUT2D eigenvalue weighted by Crippen LogP contribution is -2.41. The van der Waals surface area contributed by atoms with E-state index in [0.717, 1.165) is 19.5 Å². The van der Waals surface area contributed by atoms with E-state index in [9.17, 15) is 9.18 Å². The van der Waals surface area contributed by atoms with Crippen molar-refractivity contribution in [1.82, 2.24) is 9.80 Å². The number of piperidine rings is 1. The summed E-state index contributed by atoms with van der Waals surface area (Å²) in [4.78, 5) is 17.0. The molecule has 2 aliphatic heterocycles. The minimum atomic E-state index is -0.339. The first-order valence-electron chi connectivity index (χ1n) is 7.97. The van der Waals surface area contributed by atoms with Gasteiger partial charge in [-0.3, -0.25) is 14.6 Å². The van der Waals surface area contributed by atoms with E-state index in [4.69, 9.17) is 0 Å². The Morgan fingerprint density at radius 3 is 2.76 bits per heavy atom. The number of hydrogen-bond acceptors (Lipinski definition) is 3. The van der Waals surface area contributed by atoms with E-state index in [1.54, 1.807) is 12.1 Å². The van der Waals surface area contributed by atoms with Crippen molar-refractivity contribution in [2.24, 2.45) is 0 Å². The minimum absolute atomic E-state index is 0.0220. The summed E-state index contributed by atoms with van der Waals surface area (Å²) in [6.07, 6.45) is 5.11. The van der Waals surface area contributed by atoms with Crippen molar-refractivity contribution in [2.45, 2.75) is 31.7 Å². The zero-order chi connectivity index (χ0) is 14.7. The van der Waals surface area contributed by atoms with Crippen molar-refractivity contribution >= 4 is 5.78 Å². The first kappa shape index (κ1) is 14.7.